The van der Waals surface area contributed by atoms with Crippen molar-refractivity contribution >= 4 is 23.1 Å². The molecule has 8 nitrogen and oxygen atoms in total. The summed E-state index contributed by atoms with van der Waals surface area (Å²) < 4.78 is 10.4. The highest BCUT2D eigenvalue weighted by molar-refractivity contribution is 6.00. The predicted molar refractivity (Wildman–Crippen MR) is 90.0 cm³/mol. The minimum absolute atomic E-state index is 0.0447. The predicted octanol–water partition coefficient (Wildman–Crippen LogP) is 3.56. The van der Waals surface area contributed by atoms with E-state index in [-0.39, 0.29) is 5.69 Å². The second-order valence-electron chi connectivity index (χ2n) is 4.91. The summed E-state index contributed by atoms with van der Waals surface area (Å²) in [5.74, 6) is 1.06. The maximum absolute atomic E-state index is 12.1. The monoisotopic (exact) mass is 331 g/mol. The first-order valence-corrected chi connectivity index (χ1v) is 6.99. The van der Waals surface area contributed by atoms with Crippen LogP contribution in [-0.2, 0) is 0 Å². The molecule has 0 aliphatic rings. The smallest absolute Gasteiger partial charge is 0.323 e. The number of amides is 2. The summed E-state index contributed by atoms with van der Waals surface area (Å²) in [4.78, 5) is 22.2. The Morgan fingerprint density at radius 3 is 2.17 bits per heavy atom. The van der Waals surface area contributed by atoms with E-state index in [1.54, 1.807) is 12.1 Å². The summed E-state index contributed by atoms with van der Waals surface area (Å²) >= 11 is 0. The van der Waals surface area contributed by atoms with Crippen molar-refractivity contribution in [1.29, 1.82) is 0 Å². The third-order valence-electron chi connectivity index (χ3n) is 3.31. The lowest BCUT2D eigenvalue weighted by atomic mass is 10.1. The minimum Gasteiger partial charge on any atom is -0.493 e. The molecule has 2 aromatic rings. The van der Waals surface area contributed by atoms with Crippen LogP contribution in [-0.4, -0.2) is 25.2 Å². The van der Waals surface area contributed by atoms with E-state index in [4.69, 9.17) is 9.47 Å². The first-order chi connectivity index (χ1) is 11.4. The fourth-order valence-corrected chi connectivity index (χ4v) is 2.07. The standard InChI is InChI=1S/C16H17N3O5/c1-10-8-14(23-2)15(24-3)9-13(10)18-16(20)17-11-4-6-12(7-5-11)19(21)22/h4-9H,1-3H3,(H2,17,18,20). The van der Waals surface area contributed by atoms with Gasteiger partial charge in [0.05, 0.1) is 19.1 Å². The number of nitro benzene ring substituents is 1. The van der Waals surface area contributed by atoms with E-state index in [1.807, 2.05) is 6.92 Å². The summed E-state index contributed by atoms with van der Waals surface area (Å²) in [6, 6.07) is 8.48. The fourth-order valence-electron chi connectivity index (χ4n) is 2.07. The molecule has 2 amide bonds. The van der Waals surface area contributed by atoms with Crippen LogP contribution in [0.2, 0.25) is 0 Å². The first kappa shape index (κ1) is 17.1. The normalized spacial score (nSPS) is 9.96. The average molecular weight is 331 g/mol. The molecule has 0 fully saturated rings. The summed E-state index contributed by atoms with van der Waals surface area (Å²) in [6.07, 6.45) is 0. The highest BCUT2D eigenvalue weighted by Gasteiger charge is 2.11. The largest absolute Gasteiger partial charge is 0.493 e. The van der Waals surface area contributed by atoms with Gasteiger partial charge in [0, 0.05) is 29.6 Å². The zero-order valence-corrected chi connectivity index (χ0v) is 13.5. The molecule has 0 aliphatic heterocycles. The van der Waals surface area contributed by atoms with Gasteiger partial charge in [-0.05, 0) is 30.7 Å². The second kappa shape index (κ2) is 7.32. The van der Waals surface area contributed by atoms with Gasteiger partial charge in [-0.3, -0.25) is 10.1 Å². The molecular weight excluding hydrogens is 314 g/mol. The van der Waals surface area contributed by atoms with Gasteiger partial charge in [-0.25, -0.2) is 4.79 Å². The zero-order chi connectivity index (χ0) is 17.7. The Labute approximate surface area is 138 Å². The van der Waals surface area contributed by atoms with Crippen molar-refractivity contribution in [3.63, 3.8) is 0 Å². The Kier molecular flexibility index (Phi) is 5.20. The lowest BCUT2D eigenvalue weighted by molar-refractivity contribution is -0.384. The minimum atomic E-state index is -0.503. The number of non-ortho nitro benzene ring substituents is 1. The molecule has 126 valence electrons. The Morgan fingerprint density at radius 1 is 1.04 bits per heavy atom. The Morgan fingerprint density at radius 2 is 1.62 bits per heavy atom. The molecule has 0 saturated carbocycles. The molecule has 0 saturated heterocycles. The number of nitrogens with zero attached hydrogens (tertiary/aromatic N) is 1. The molecule has 2 N–H and O–H groups in total. The number of rotatable bonds is 5. The lowest BCUT2D eigenvalue weighted by Gasteiger charge is -2.14. The van der Waals surface area contributed by atoms with Crippen LogP contribution in [0.4, 0.5) is 21.9 Å². The van der Waals surface area contributed by atoms with E-state index in [0.717, 1.165) is 5.56 Å². The van der Waals surface area contributed by atoms with E-state index in [1.165, 1.54) is 38.5 Å². The quantitative estimate of drug-likeness (QED) is 0.644. The van der Waals surface area contributed by atoms with Crippen molar-refractivity contribution in [2.24, 2.45) is 0 Å². The van der Waals surface area contributed by atoms with Gasteiger partial charge in [-0.1, -0.05) is 0 Å². The summed E-state index contributed by atoms with van der Waals surface area (Å²) in [7, 11) is 3.04. The molecule has 0 radical (unpaired) electrons. The van der Waals surface area contributed by atoms with Crippen molar-refractivity contribution in [2.75, 3.05) is 24.9 Å². The van der Waals surface area contributed by atoms with Crippen LogP contribution in [0.15, 0.2) is 36.4 Å². The lowest BCUT2D eigenvalue weighted by Crippen LogP contribution is -2.20. The fraction of sp³-hybridized carbons (Fsp3) is 0.188. The molecule has 0 atom stereocenters. The van der Waals surface area contributed by atoms with Crippen LogP contribution in [0.25, 0.3) is 0 Å². The van der Waals surface area contributed by atoms with Gasteiger partial charge in [0.2, 0.25) is 0 Å². The molecule has 0 unspecified atom stereocenters. The number of aryl methyl sites for hydroxylation is 1. The molecule has 2 rings (SSSR count). The van der Waals surface area contributed by atoms with E-state index in [2.05, 4.69) is 10.6 Å². The van der Waals surface area contributed by atoms with Crippen molar-refractivity contribution in [3.8, 4) is 11.5 Å². The maximum Gasteiger partial charge on any atom is 0.323 e. The number of hydrogen-bond donors (Lipinski definition) is 2. The van der Waals surface area contributed by atoms with Crippen molar-refractivity contribution in [3.05, 3.63) is 52.1 Å². The van der Waals surface area contributed by atoms with Crippen molar-refractivity contribution in [2.45, 2.75) is 6.92 Å². The molecule has 0 heterocycles. The van der Waals surface area contributed by atoms with Crippen LogP contribution in [0.3, 0.4) is 0 Å². The maximum atomic E-state index is 12.1. The number of nitrogens with one attached hydrogen (secondary N) is 2. The molecule has 0 aromatic heterocycles. The molecule has 24 heavy (non-hydrogen) atoms. The number of carbonyl (C=O) groups is 1. The van der Waals surface area contributed by atoms with E-state index in [0.29, 0.717) is 22.9 Å². The third kappa shape index (κ3) is 3.92. The molecule has 2 aromatic carbocycles. The first-order valence-electron chi connectivity index (χ1n) is 6.99. The molecule has 0 bridgehead atoms. The Bertz CT molecular complexity index is 759. The number of carbonyl (C=O) groups excluding carboxylic acids is 1. The van der Waals surface area contributed by atoms with Crippen molar-refractivity contribution < 1.29 is 19.2 Å². The van der Waals surface area contributed by atoms with Crippen LogP contribution in [0, 0.1) is 17.0 Å². The SMILES string of the molecule is COc1cc(C)c(NC(=O)Nc2ccc([N+](=O)[O-])cc2)cc1OC. The number of benzene rings is 2. The van der Waals surface area contributed by atoms with Crippen LogP contribution in [0.1, 0.15) is 5.56 Å². The number of methoxy groups -OCH3 is 2. The second-order valence-corrected chi connectivity index (χ2v) is 4.91. The molecule has 0 aliphatic carbocycles. The number of hydrogen-bond acceptors (Lipinski definition) is 5. The van der Waals surface area contributed by atoms with Crippen LogP contribution in [0.5, 0.6) is 11.5 Å². The van der Waals surface area contributed by atoms with Crippen LogP contribution < -0.4 is 20.1 Å². The van der Waals surface area contributed by atoms with Gasteiger partial charge in [-0.2, -0.15) is 0 Å². The number of anilines is 2. The van der Waals surface area contributed by atoms with Gasteiger partial charge in [0.1, 0.15) is 0 Å². The third-order valence-corrected chi connectivity index (χ3v) is 3.31. The van der Waals surface area contributed by atoms with Crippen LogP contribution >= 0.6 is 0 Å². The van der Waals surface area contributed by atoms with Gasteiger partial charge < -0.3 is 20.1 Å². The Hall–Kier alpha value is -3.29. The van der Waals surface area contributed by atoms with E-state index < -0.39 is 11.0 Å². The topological polar surface area (TPSA) is 103 Å². The van der Waals surface area contributed by atoms with Gasteiger partial charge in [-0.15, -0.1) is 0 Å². The van der Waals surface area contributed by atoms with Gasteiger partial charge >= 0.3 is 6.03 Å². The highest BCUT2D eigenvalue weighted by Crippen LogP contribution is 2.32. The van der Waals surface area contributed by atoms with E-state index in [9.17, 15) is 14.9 Å². The molecule has 0 spiro atoms. The van der Waals surface area contributed by atoms with Gasteiger partial charge in [0.15, 0.2) is 11.5 Å². The number of nitro groups is 1. The Balaban J connectivity index is 2.10. The molecule has 8 heteroatoms. The van der Waals surface area contributed by atoms with Gasteiger partial charge in [0.25, 0.3) is 5.69 Å². The summed E-state index contributed by atoms with van der Waals surface area (Å²) in [5.41, 5.74) is 1.76. The molecular formula is C16H17N3O5. The number of urea groups is 1. The number of ether oxygens (including phenoxy) is 2. The summed E-state index contributed by atoms with van der Waals surface area (Å²) in [5, 5.41) is 15.9. The average Bonchev–Trinajstić information content (AvgIpc) is 2.56. The summed E-state index contributed by atoms with van der Waals surface area (Å²) in [6.45, 7) is 1.82. The van der Waals surface area contributed by atoms with Crippen molar-refractivity contribution in [1.82, 2.24) is 0 Å². The van der Waals surface area contributed by atoms with E-state index >= 15 is 0 Å². The highest BCUT2D eigenvalue weighted by atomic mass is 16.6. The zero-order valence-electron chi connectivity index (χ0n) is 13.5.